The molecule has 3 heterocycles. The molecule has 5 heteroatoms. The summed E-state index contributed by atoms with van der Waals surface area (Å²) in [5.74, 6) is 2.03. The van der Waals surface area contributed by atoms with Crippen LogP contribution in [0.25, 0.3) is 0 Å². The number of amides is 2. The van der Waals surface area contributed by atoms with Crippen LogP contribution in [0.1, 0.15) is 84.0 Å². The molecule has 5 nitrogen and oxygen atoms in total. The molecule has 0 radical (unpaired) electrons. The highest BCUT2D eigenvalue weighted by Crippen LogP contribution is 2.48. The zero-order valence-electron chi connectivity index (χ0n) is 24.8. The van der Waals surface area contributed by atoms with Gasteiger partial charge in [-0.05, 0) is 88.6 Å². The molecule has 212 valence electrons. The fourth-order valence-electron chi connectivity index (χ4n) is 7.43. The van der Waals surface area contributed by atoms with Gasteiger partial charge in [-0.2, -0.15) is 0 Å². The Morgan fingerprint density at radius 3 is 1.76 bits per heavy atom. The molecule has 0 bridgehead atoms. The van der Waals surface area contributed by atoms with Gasteiger partial charge in [0.1, 0.15) is 5.82 Å². The molecule has 0 saturated heterocycles. The zero-order chi connectivity index (χ0) is 29.2. The Bertz CT molecular complexity index is 1630. The molecule has 2 N–H and O–H groups in total. The van der Waals surface area contributed by atoms with Gasteiger partial charge in [-0.15, -0.1) is 0 Å². The van der Waals surface area contributed by atoms with Crippen molar-refractivity contribution in [3.05, 3.63) is 124 Å². The lowest BCUT2D eigenvalue weighted by Gasteiger charge is -2.20. The molecule has 0 saturated carbocycles. The lowest BCUT2D eigenvalue weighted by atomic mass is 9.79. The molecule has 42 heavy (non-hydrogen) atoms. The number of benzene rings is 3. The zero-order valence-corrected chi connectivity index (χ0v) is 24.8. The number of carbonyl (C=O) groups is 2. The summed E-state index contributed by atoms with van der Waals surface area (Å²) < 4.78 is 0. The minimum atomic E-state index is -0.443. The molecule has 2 amide bonds. The third kappa shape index (κ3) is 4.01. The fraction of sp³-hybridized carbons (Fsp3) is 0.324. The first-order chi connectivity index (χ1) is 20.2. The SMILES string of the molecule is CC(C)c1ccc2c(c1)CC1(C2)C(=O)Nc2ncccc21.CC(C)c1ccc2c(c1)C[C@@]1(C2)C(=O)Nc2ccccc21. The second-order valence-electron chi connectivity index (χ2n) is 13.1. The molecule has 2 atom stereocenters. The predicted octanol–water partition coefficient (Wildman–Crippen LogP) is 6.99. The standard InChI is InChI=1S/C19H19NO.C18H18N2O/c1-12(2)13-7-8-14-10-19(11-15(14)9-13)16-5-3-4-6-17(16)20-18(19)21;1-11(2)12-5-6-13-9-18(10-14(13)8-12)15-4-3-7-19-16(15)20-17(18)21/h3-9,12H,10-11H2,1-2H3,(H,20,21);3-8,11H,9-10H2,1-2H3,(H,19,20,21)/t19-;/m1./s1. The first-order valence-electron chi connectivity index (χ1n) is 15.1. The first kappa shape index (κ1) is 26.6. The van der Waals surface area contributed by atoms with Gasteiger partial charge in [-0.3, -0.25) is 9.59 Å². The van der Waals surface area contributed by atoms with E-state index in [4.69, 9.17) is 0 Å². The molecule has 0 fully saturated rings. The predicted molar refractivity (Wildman–Crippen MR) is 167 cm³/mol. The van der Waals surface area contributed by atoms with E-state index in [0.29, 0.717) is 11.8 Å². The summed E-state index contributed by atoms with van der Waals surface area (Å²) in [6.07, 6.45) is 4.95. The minimum absolute atomic E-state index is 0.0958. The van der Waals surface area contributed by atoms with Crippen molar-refractivity contribution < 1.29 is 9.59 Å². The van der Waals surface area contributed by atoms with E-state index >= 15 is 0 Å². The molecule has 1 aromatic heterocycles. The molecule has 2 aliphatic heterocycles. The van der Waals surface area contributed by atoms with Crippen LogP contribution >= 0.6 is 0 Å². The summed E-state index contributed by atoms with van der Waals surface area (Å²) in [5, 5.41) is 6.02. The highest BCUT2D eigenvalue weighted by Gasteiger charge is 2.51. The number of para-hydroxylation sites is 1. The Balaban J connectivity index is 0.000000137. The smallest absolute Gasteiger partial charge is 0.237 e. The molecule has 1 unspecified atom stereocenters. The van der Waals surface area contributed by atoms with Crippen molar-refractivity contribution in [3.8, 4) is 0 Å². The van der Waals surface area contributed by atoms with Crippen molar-refractivity contribution in [2.24, 2.45) is 0 Å². The van der Waals surface area contributed by atoms with Crippen LogP contribution < -0.4 is 10.6 Å². The summed E-state index contributed by atoms with van der Waals surface area (Å²) >= 11 is 0. The largest absolute Gasteiger partial charge is 0.325 e. The number of pyridine rings is 1. The van der Waals surface area contributed by atoms with E-state index in [0.717, 1.165) is 48.3 Å². The monoisotopic (exact) mass is 555 g/mol. The third-order valence-electron chi connectivity index (χ3n) is 9.88. The number of aromatic nitrogens is 1. The maximum Gasteiger partial charge on any atom is 0.237 e. The Labute approximate surface area is 247 Å². The summed E-state index contributed by atoms with van der Waals surface area (Å²) in [5.41, 5.74) is 10.4. The summed E-state index contributed by atoms with van der Waals surface area (Å²) in [6.45, 7) is 8.83. The van der Waals surface area contributed by atoms with E-state index < -0.39 is 5.41 Å². The van der Waals surface area contributed by atoms with Crippen LogP contribution in [0.5, 0.6) is 0 Å². The molecule has 4 aromatic rings. The van der Waals surface area contributed by atoms with Gasteiger partial charge in [-0.25, -0.2) is 4.98 Å². The van der Waals surface area contributed by atoms with Crippen LogP contribution in [0, 0.1) is 0 Å². The molecular weight excluding hydrogens is 518 g/mol. The van der Waals surface area contributed by atoms with Crippen LogP contribution in [0.3, 0.4) is 0 Å². The highest BCUT2D eigenvalue weighted by atomic mass is 16.2. The topological polar surface area (TPSA) is 71.1 Å². The molecule has 2 aliphatic carbocycles. The quantitative estimate of drug-likeness (QED) is 0.280. The van der Waals surface area contributed by atoms with Gasteiger partial charge in [0.25, 0.3) is 0 Å². The van der Waals surface area contributed by atoms with Crippen LogP contribution in [0.4, 0.5) is 11.5 Å². The van der Waals surface area contributed by atoms with Gasteiger partial charge < -0.3 is 10.6 Å². The number of rotatable bonds is 2. The third-order valence-corrected chi connectivity index (χ3v) is 9.88. The van der Waals surface area contributed by atoms with E-state index in [1.807, 2.05) is 30.3 Å². The number of fused-ring (bicyclic) bond motifs is 6. The van der Waals surface area contributed by atoms with Gasteiger partial charge in [-0.1, -0.05) is 88.4 Å². The van der Waals surface area contributed by atoms with Gasteiger partial charge >= 0.3 is 0 Å². The van der Waals surface area contributed by atoms with Crippen LogP contribution in [-0.2, 0) is 46.1 Å². The lowest BCUT2D eigenvalue weighted by molar-refractivity contribution is -0.121. The number of anilines is 2. The summed E-state index contributed by atoms with van der Waals surface area (Å²) in [6, 6.07) is 25.5. The van der Waals surface area contributed by atoms with Gasteiger partial charge in [0.15, 0.2) is 0 Å². The van der Waals surface area contributed by atoms with E-state index in [-0.39, 0.29) is 17.2 Å². The van der Waals surface area contributed by atoms with E-state index in [1.165, 1.54) is 33.4 Å². The number of carbonyl (C=O) groups excluding carboxylic acids is 2. The van der Waals surface area contributed by atoms with Crippen LogP contribution in [-0.4, -0.2) is 16.8 Å². The van der Waals surface area contributed by atoms with E-state index in [9.17, 15) is 9.59 Å². The summed E-state index contributed by atoms with van der Waals surface area (Å²) in [4.78, 5) is 29.5. The lowest BCUT2D eigenvalue weighted by Crippen LogP contribution is -2.35. The highest BCUT2D eigenvalue weighted by molar-refractivity contribution is 6.07. The molecular formula is C37H37N3O2. The summed E-state index contributed by atoms with van der Waals surface area (Å²) in [7, 11) is 0. The fourth-order valence-corrected chi connectivity index (χ4v) is 7.43. The van der Waals surface area contributed by atoms with Crippen LogP contribution in [0.2, 0.25) is 0 Å². The molecule has 8 rings (SSSR count). The Hall–Kier alpha value is -4.25. The van der Waals surface area contributed by atoms with Crippen molar-refractivity contribution in [3.63, 3.8) is 0 Å². The number of nitrogens with one attached hydrogen (secondary N) is 2. The van der Waals surface area contributed by atoms with Crippen molar-refractivity contribution >= 4 is 23.3 Å². The first-order valence-corrected chi connectivity index (χ1v) is 15.1. The van der Waals surface area contributed by atoms with Gasteiger partial charge in [0, 0.05) is 17.4 Å². The maximum atomic E-state index is 12.6. The second kappa shape index (κ2) is 9.65. The average Bonchev–Trinajstić information content (AvgIpc) is 3.70. The Kier molecular flexibility index (Phi) is 6.12. The van der Waals surface area contributed by atoms with Crippen molar-refractivity contribution in [2.45, 2.75) is 76.0 Å². The van der Waals surface area contributed by atoms with Crippen molar-refractivity contribution in [1.29, 1.82) is 0 Å². The van der Waals surface area contributed by atoms with Crippen molar-refractivity contribution in [1.82, 2.24) is 4.98 Å². The second-order valence-corrected chi connectivity index (χ2v) is 13.1. The number of hydrogen-bond donors (Lipinski definition) is 2. The van der Waals surface area contributed by atoms with E-state index in [2.05, 4.69) is 85.8 Å². The minimum Gasteiger partial charge on any atom is -0.325 e. The molecule has 2 spiro atoms. The molecule has 4 aliphatic rings. The van der Waals surface area contributed by atoms with Crippen molar-refractivity contribution in [2.75, 3.05) is 10.6 Å². The Morgan fingerprint density at radius 1 is 0.619 bits per heavy atom. The van der Waals surface area contributed by atoms with Crippen LogP contribution in [0.15, 0.2) is 79.0 Å². The molecule has 3 aromatic carbocycles. The number of hydrogen-bond acceptors (Lipinski definition) is 3. The van der Waals surface area contributed by atoms with Gasteiger partial charge in [0.2, 0.25) is 11.8 Å². The maximum absolute atomic E-state index is 12.6. The normalized spacial score (nSPS) is 22.5. The number of nitrogens with zero attached hydrogens (tertiary/aromatic N) is 1. The van der Waals surface area contributed by atoms with Gasteiger partial charge in [0.05, 0.1) is 10.8 Å². The average molecular weight is 556 g/mol. The Morgan fingerprint density at radius 2 is 1.14 bits per heavy atom. The van der Waals surface area contributed by atoms with E-state index in [1.54, 1.807) is 6.20 Å².